The molecule has 0 spiro atoms. The third kappa shape index (κ3) is 11.9. The Morgan fingerprint density at radius 1 is 0.712 bits per heavy atom. The molecule has 4 saturated carbocycles. The quantitative estimate of drug-likeness (QED) is 0.0855. The fourth-order valence-corrected chi connectivity index (χ4v) is 13.0. The topological polar surface area (TPSA) is 523 Å². The van der Waals surface area contributed by atoms with E-state index in [4.69, 9.17) is 80.3 Å². The van der Waals surface area contributed by atoms with Crippen molar-refractivity contribution in [3.05, 3.63) is 11.6 Å². The Morgan fingerprint density at radius 3 is 1.75 bits per heavy atom. The van der Waals surface area contributed by atoms with Crippen LogP contribution in [0.2, 0.25) is 0 Å². The number of aliphatic hydroxyl groups is 10. The van der Waals surface area contributed by atoms with Crippen molar-refractivity contribution in [1.29, 1.82) is 0 Å². The SMILES string of the molecule is C[C@]12CCC(=O)C=C1CC[C@@H]1[C@@H]2[C@@H](O)C[C@@]2(C)[C@H]1CC[C@]2(O)C(=O)CO.NC[C@@H]1OC(O[C@H]2[C@@H](O)[C@H](O[C@@H]3[C@@H](O)[C@H](N)C[C@H](N)[C@H]3O[C@H]3O[C@H](CN)[C@@H](O)[C@H](O)[C@H]3N)O[C@@H]2CO)[C@H](N)[C@@H](O)[C@@H]1O.O=S(=O)(O)O. The molecule has 8 aliphatic rings. The molecule has 8 rings (SSSR count). The maximum absolute atomic E-state index is 12.4. The average Bonchev–Trinajstić information content (AvgIpc) is 3.78. The normalized spacial score (nSPS) is 49.7. The van der Waals surface area contributed by atoms with E-state index in [9.17, 15) is 60.7 Å². The summed E-state index contributed by atoms with van der Waals surface area (Å²) in [4.78, 5) is 24.3. The number of hydrogen-bond acceptors (Lipinski definition) is 26. The number of rotatable bonds is 11. The van der Waals surface area contributed by atoms with Crippen molar-refractivity contribution in [2.75, 3.05) is 26.3 Å². The summed E-state index contributed by atoms with van der Waals surface area (Å²) in [5, 5.41) is 105. The van der Waals surface area contributed by atoms with Gasteiger partial charge in [0.2, 0.25) is 0 Å². The molecule has 0 amide bonds. The highest BCUT2D eigenvalue weighted by Gasteiger charge is 2.68. The standard InChI is InChI=1S/C23H46N6O13.C21H30O5.H2O4S/c24-2-7-13(32)15(34)10(28)21(37-7)40-18-6(27)1-5(26)12(31)20(18)42-23-17(36)19(9(4-30)39-23)41-22-11(29)16(35)14(33)8(3-25)38-22;1-19-7-5-13(23)9-12(19)3-4-14-15-6-8-21(26,17(25)11-22)20(15,2)10-16(24)18(14)19;1-5(2,3)4/h5-23,30-36H,1-4,24-29H2;9,14-16,18,22,24,26H,3-8,10-11H2,1-2H3;(H2,1,2,3,4)/t5-,6+,7-,8+,9-,10-,11-,12+,13-,14-,15-,16-,17-,18-,19-,20-,21-,22?,23+;14-,15-,16-,18+,19-,20-,21-;/m10./s1. The third-order valence-electron chi connectivity index (χ3n) is 17.0. The summed E-state index contributed by atoms with van der Waals surface area (Å²) in [5.41, 5.74) is 34.4. The lowest BCUT2D eigenvalue weighted by atomic mass is 9.45. The van der Waals surface area contributed by atoms with Gasteiger partial charge < -0.3 is 114 Å². The maximum atomic E-state index is 12.4. The van der Waals surface area contributed by atoms with Crippen LogP contribution in [-0.2, 0) is 48.4 Å². The molecule has 0 aromatic heterocycles. The summed E-state index contributed by atoms with van der Waals surface area (Å²) in [6.45, 7) is 2.49. The van der Waals surface area contributed by atoms with E-state index in [2.05, 4.69) is 6.92 Å². The van der Waals surface area contributed by atoms with Gasteiger partial charge in [-0.2, -0.15) is 8.42 Å². The van der Waals surface area contributed by atoms with Crippen LogP contribution in [0.3, 0.4) is 0 Å². The van der Waals surface area contributed by atoms with E-state index in [1.807, 2.05) is 6.92 Å². The second-order valence-corrected chi connectivity index (χ2v) is 22.1. The molecule has 24 N–H and O–H groups in total. The van der Waals surface area contributed by atoms with E-state index in [1.54, 1.807) is 6.08 Å². The van der Waals surface area contributed by atoms with Crippen LogP contribution in [-0.4, -0.2) is 234 Å². The lowest BCUT2D eigenvalue weighted by molar-refractivity contribution is -0.306. The fraction of sp³-hybridized carbons (Fsp3) is 0.909. The first-order chi connectivity index (χ1) is 34.0. The number of fused-ring (bicyclic) bond motifs is 5. The van der Waals surface area contributed by atoms with Crippen LogP contribution < -0.4 is 34.4 Å². The smallest absolute Gasteiger partial charge is 0.394 e. The van der Waals surface area contributed by atoms with Crippen molar-refractivity contribution in [3.63, 3.8) is 0 Å². The van der Waals surface area contributed by atoms with Crippen LogP contribution in [0.25, 0.3) is 0 Å². The Morgan fingerprint density at radius 2 is 1.23 bits per heavy atom. The number of Topliss-reactive ketones (excluding diaryl/α,β-unsaturated/α-hetero) is 1. The molecule has 3 saturated heterocycles. The molecular weight excluding hydrogens is 997 g/mol. The van der Waals surface area contributed by atoms with Gasteiger partial charge in [-0.05, 0) is 74.2 Å². The first-order valence-electron chi connectivity index (χ1n) is 24.5. The van der Waals surface area contributed by atoms with Crippen LogP contribution >= 0.6 is 0 Å². The van der Waals surface area contributed by atoms with Crippen molar-refractivity contribution in [3.8, 4) is 0 Å². The minimum Gasteiger partial charge on any atom is -0.394 e. The van der Waals surface area contributed by atoms with Crippen LogP contribution in [0.5, 0.6) is 0 Å². The monoisotopic (exact) mass is 1070 g/mol. The number of carbonyl (C=O) groups excluding carboxylic acids is 2. The number of ether oxygens (including phenoxy) is 6. The second kappa shape index (κ2) is 23.6. The molecule has 1 unspecified atom stereocenters. The van der Waals surface area contributed by atoms with E-state index < -0.39 is 163 Å². The molecule has 5 aliphatic carbocycles. The zero-order valence-corrected chi connectivity index (χ0v) is 41.5. The molecule has 7 fully saturated rings. The van der Waals surface area contributed by atoms with Crippen LogP contribution in [0.4, 0.5) is 0 Å². The van der Waals surface area contributed by atoms with E-state index >= 15 is 0 Å². The molecule has 73 heavy (non-hydrogen) atoms. The summed E-state index contributed by atoms with van der Waals surface area (Å²) < 4.78 is 66.2. The number of aliphatic hydroxyl groups excluding tert-OH is 9. The summed E-state index contributed by atoms with van der Waals surface area (Å²) in [7, 11) is -4.67. The van der Waals surface area contributed by atoms with Crippen molar-refractivity contribution in [1.82, 2.24) is 0 Å². The summed E-state index contributed by atoms with van der Waals surface area (Å²) in [5.74, 6) is 0.140. The molecule has 29 heteroatoms. The Hall–Kier alpha value is -1.93. The molecular formula is C44H78N6O22S. The Kier molecular flexibility index (Phi) is 19.5. The maximum Gasteiger partial charge on any atom is 0.394 e. The number of hydrogen-bond donors (Lipinski definition) is 18. The summed E-state index contributed by atoms with van der Waals surface area (Å²) >= 11 is 0. The van der Waals surface area contributed by atoms with Gasteiger partial charge in [0, 0.05) is 37.0 Å². The molecule has 26 atom stereocenters. The van der Waals surface area contributed by atoms with Gasteiger partial charge in [-0.3, -0.25) is 18.7 Å². The average molecular weight is 1080 g/mol. The third-order valence-corrected chi connectivity index (χ3v) is 17.0. The van der Waals surface area contributed by atoms with Gasteiger partial charge >= 0.3 is 10.4 Å². The molecule has 0 radical (unpaired) electrons. The van der Waals surface area contributed by atoms with Gasteiger partial charge in [0.15, 0.2) is 30.4 Å². The van der Waals surface area contributed by atoms with Gasteiger partial charge in [-0.1, -0.05) is 19.4 Å². The van der Waals surface area contributed by atoms with Crippen molar-refractivity contribution in [2.24, 2.45) is 63.0 Å². The van der Waals surface area contributed by atoms with E-state index in [-0.39, 0.29) is 48.5 Å². The largest absolute Gasteiger partial charge is 0.394 e. The molecule has 0 aromatic rings. The first kappa shape index (κ1) is 60.3. The highest BCUT2D eigenvalue weighted by atomic mass is 32.3. The second-order valence-electron chi connectivity index (χ2n) is 21.3. The molecule has 3 aliphatic heterocycles. The Bertz CT molecular complexity index is 2040. The number of nitrogens with two attached hydrogens (primary N) is 6. The van der Waals surface area contributed by atoms with E-state index in [0.717, 1.165) is 25.7 Å². The highest BCUT2D eigenvalue weighted by Crippen LogP contribution is 2.67. The summed E-state index contributed by atoms with van der Waals surface area (Å²) in [6, 6.07) is -4.18. The zero-order valence-electron chi connectivity index (χ0n) is 40.7. The van der Waals surface area contributed by atoms with E-state index in [0.29, 0.717) is 19.3 Å². The zero-order chi connectivity index (χ0) is 54.4. The molecule has 28 nitrogen and oxygen atoms in total. The number of allylic oxidation sites excluding steroid dienone is 1. The van der Waals surface area contributed by atoms with Crippen molar-refractivity contribution >= 4 is 22.0 Å². The van der Waals surface area contributed by atoms with Gasteiger partial charge in [0.1, 0.15) is 79.4 Å². The van der Waals surface area contributed by atoms with Gasteiger partial charge in [0.25, 0.3) is 0 Å². The van der Waals surface area contributed by atoms with Crippen molar-refractivity contribution in [2.45, 2.75) is 193 Å². The lowest BCUT2D eigenvalue weighted by Gasteiger charge is -2.60. The van der Waals surface area contributed by atoms with Crippen molar-refractivity contribution < 1.29 is 107 Å². The fourth-order valence-electron chi connectivity index (χ4n) is 13.0. The highest BCUT2D eigenvalue weighted by molar-refractivity contribution is 7.79. The lowest BCUT2D eigenvalue weighted by Crippen LogP contribution is -2.68. The van der Waals surface area contributed by atoms with Crippen LogP contribution in [0, 0.1) is 28.6 Å². The van der Waals surface area contributed by atoms with Gasteiger partial charge in [0.05, 0.1) is 30.9 Å². The first-order valence-corrected chi connectivity index (χ1v) is 25.9. The van der Waals surface area contributed by atoms with Gasteiger partial charge in [-0.15, -0.1) is 0 Å². The molecule has 0 aromatic carbocycles. The van der Waals surface area contributed by atoms with Crippen LogP contribution in [0.15, 0.2) is 11.6 Å². The Labute approximate surface area is 421 Å². The van der Waals surface area contributed by atoms with Crippen LogP contribution in [0.1, 0.15) is 65.2 Å². The molecule has 0 bridgehead atoms. The predicted octanol–water partition coefficient (Wildman–Crippen LogP) is -7.77. The number of carbonyl (C=O) groups is 2. The Balaban J connectivity index is 0.000000237. The molecule has 422 valence electrons. The molecule has 3 heterocycles. The summed E-state index contributed by atoms with van der Waals surface area (Å²) in [6.07, 6.45) is -14.0. The minimum atomic E-state index is -4.67. The van der Waals surface area contributed by atoms with Gasteiger partial charge in [-0.25, -0.2) is 0 Å². The minimum absolute atomic E-state index is 0.0697. The number of ketones is 2. The van der Waals surface area contributed by atoms with E-state index in [1.165, 1.54) is 5.57 Å². The predicted molar refractivity (Wildman–Crippen MR) is 248 cm³/mol.